The minimum Gasteiger partial charge on any atom is -0.386 e. The molecule has 0 bridgehead atoms. The molecule has 0 aliphatic heterocycles. The van der Waals surface area contributed by atoms with Crippen molar-refractivity contribution in [1.82, 2.24) is 9.88 Å². The van der Waals surface area contributed by atoms with Crippen molar-refractivity contribution in [1.29, 1.82) is 0 Å². The summed E-state index contributed by atoms with van der Waals surface area (Å²) in [6, 6.07) is 15.7. The molecular weight excluding hydrogens is 388 g/mol. The standard InChI is InChI=1S/C25H30N4O2/c1-26-22-14-8-10-17-15-20(25(31)28-23(17)22)24(30)27-21-13-7-6-9-18(21)16-29(2)19-11-4-3-5-12-19/h6-10,13-15,19,26H,3-5,11-12,16H2,1-2H3,(H,27,30)(H,28,31). The van der Waals surface area contributed by atoms with E-state index >= 15 is 0 Å². The molecule has 1 heterocycles. The lowest BCUT2D eigenvalue weighted by atomic mass is 9.94. The number of carbonyl (C=O) groups excluding carboxylic acids is 1. The van der Waals surface area contributed by atoms with Crippen molar-refractivity contribution in [3.8, 4) is 0 Å². The predicted molar refractivity (Wildman–Crippen MR) is 127 cm³/mol. The van der Waals surface area contributed by atoms with Crippen LogP contribution in [0.5, 0.6) is 0 Å². The number of para-hydroxylation sites is 2. The Morgan fingerprint density at radius 3 is 2.58 bits per heavy atom. The van der Waals surface area contributed by atoms with Crippen LogP contribution in [0.25, 0.3) is 10.9 Å². The first-order valence-electron chi connectivity index (χ1n) is 11.0. The van der Waals surface area contributed by atoms with Crippen molar-refractivity contribution >= 4 is 28.2 Å². The highest BCUT2D eigenvalue weighted by Gasteiger charge is 2.20. The summed E-state index contributed by atoms with van der Waals surface area (Å²) in [5.74, 6) is -0.397. The zero-order chi connectivity index (χ0) is 21.8. The molecule has 6 nitrogen and oxygen atoms in total. The van der Waals surface area contributed by atoms with Crippen LogP contribution in [0.15, 0.2) is 53.3 Å². The van der Waals surface area contributed by atoms with Crippen molar-refractivity contribution in [2.75, 3.05) is 24.7 Å². The van der Waals surface area contributed by atoms with E-state index in [0.717, 1.165) is 28.9 Å². The Hall–Kier alpha value is -3.12. The molecule has 0 atom stereocenters. The number of benzene rings is 2. The summed E-state index contributed by atoms with van der Waals surface area (Å²) in [6.07, 6.45) is 6.35. The van der Waals surface area contributed by atoms with Crippen molar-refractivity contribution in [2.45, 2.75) is 44.7 Å². The van der Waals surface area contributed by atoms with E-state index in [1.807, 2.05) is 42.5 Å². The van der Waals surface area contributed by atoms with Crippen LogP contribution in [0.1, 0.15) is 48.0 Å². The van der Waals surface area contributed by atoms with Gasteiger partial charge in [-0.05, 0) is 43.7 Å². The predicted octanol–water partition coefficient (Wildman–Crippen LogP) is 4.59. The first kappa shape index (κ1) is 21.1. The first-order valence-corrected chi connectivity index (χ1v) is 11.0. The zero-order valence-electron chi connectivity index (χ0n) is 18.2. The average Bonchev–Trinajstić information content (AvgIpc) is 2.80. The molecule has 3 N–H and O–H groups in total. The SMILES string of the molecule is CNc1cccc2cc(C(=O)Nc3ccccc3CN(C)C3CCCCC3)c(=O)[nH]c12. The lowest BCUT2D eigenvalue weighted by Gasteiger charge is -2.31. The smallest absolute Gasteiger partial charge is 0.261 e. The Balaban J connectivity index is 1.56. The van der Waals surface area contributed by atoms with Gasteiger partial charge in [-0.3, -0.25) is 14.5 Å². The number of anilines is 2. The molecule has 1 fully saturated rings. The third kappa shape index (κ3) is 4.64. The molecule has 6 heteroatoms. The number of pyridine rings is 1. The minimum absolute atomic E-state index is 0.108. The summed E-state index contributed by atoms with van der Waals surface area (Å²) < 4.78 is 0. The second kappa shape index (κ2) is 9.35. The molecule has 0 spiro atoms. The highest BCUT2D eigenvalue weighted by molar-refractivity contribution is 6.06. The van der Waals surface area contributed by atoms with E-state index in [2.05, 4.69) is 27.6 Å². The van der Waals surface area contributed by atoms with Gasteiger partial charge in [0.2, 0.25) is 0 Å². The van der Waals surface area contributed by atoms with Crippen molar-refractivity contribution in [3.63, 3.8) is 0 Å². The van der Waals surface area contributed by atoms with Gasteiger partial charge in [0.15, 0.2) is 0 Å². The van der Waals surface area contributed by atoms with Crippen LogP contribution in [-0.2, 0) is 6.54 Å². The van der Waals surface area contributed by atoms with Crippen LogP contribution < -0.4 is 16.2 Å². The lowest BCUT2D eigenvalue weighted by molar-refractivity contribution is 0.102. The number of carbonyl (C=O) groups is 1. The van der Waals surface area contributed by atoms with Crippen LogP contribution >= 0.6 is 0 Å². The van der Waals surface area contributed by atoms with Gasteiger partial charge in [0, 0.05) is 30.7 Å². The van der Waals surface area contributed by atoms with Gasteiger partial charge in [0.1, 0.15) is 5.56 Å². The molecule has 0 radical (unpaired) electrons. The Morgan fingerprint density at radius 1 is 1.06 bits per heavy atom. The molecule has 1 aliphatic rings. The van der Waals surface area contributed by atoms with Gasteiger partial charge in [-0.2, -0.15) is 0 Å². The average molecular weight is 419 g/mol. The van der Waals surface area contributed by atoms with Gasteiger partial charge in [0.25, 0.3) is 11.5 Å². The molecular formula is C25H30N4O2. The van der Waals surface area contributed by atoms with Gasteiger partial charge < -0.3 is 15.6 Å². The van der Waals surface area contributed by atoms with Crippen LogP contribution in [-0.4, -0.2) is 35.9 Å². The Kier molecular flexibility index (Phi) is 6.37. The number of H-pyrrole nitrogens is 1. The summed E-state index contributed by atoms with van der Waals surface area (Å²) in [5, 5.41) is 6.84. The monoisotopic (exact) mass is 418 g/mol. The summed E-state index contributed by atoms with van der Waals surface area (Å²) in [6.45, 7) is 0.765. The zero-order valence-corrected chi connectivity index (χ0v) is 18.2. The highest BCUT2D eigenvalue weighted by atomic mass is 16.2. The highest BCUT2D eigenvalue weighted by Crippen LogP contribution is 2.25. The van der Waals surface area contributed by atoms with Crippen LogP contribution in [0.3, 0.4) is 0 Å². The molecule has 1 saturated carbocycles. The summed E-state index contributed by atoms with van der Waals surface area (Å²) in [4.78, 5) is 30.9. The van der Waals surface area contributed by atoms with Crippen molar-refractivity contribution in [3.05, 3.63) is 70.0 Å². The fourth-order valence-electron chi connectivity index (χ4n) is 4.50. The van der Waals surface area contributed by atoms with E-state index in [1.54, 1.807) is 13.1 Å². The van der Waals surface area contributed by atoms with E-state index in [1.165, 1.54) is 32.1 Å². The number of nitrogens with one attached hydrogen (secondary N) is 3. The third-order valence-corrected chi connectivity index (χ3v) is 6.28. The van der Waals surface area contributed by atoms with Gasteiger partial charge in [-0.15, -0.1) is 0 Å². The van der Waals surface area contributed by atoms with Gasteiger partial charge >= 0.3 is 0 Å². The summed E-state index contributed by atoms with van der Waals surface area (Å²) >= 11 is 0. The first-order chi connectivity index (χ1) is 15.1. The Bertz CT molecular complexity index is 1130. The quantitative estimate of drug-likeness (QED) is 0.547. The number of amides is 1. The van der Waals surface area contributed by atoms with Crippen LogP contribution in [0.2, 0.25) is 0 Å². The number of fused-ring (bicyclic) bond motifs is 1. The van der Waals surface area contributed by atoms with Gasteiger partial charge in [-0.25, -0.2) is 0 Å². The molecule has 1 aromatic heterocycles. The van der Waals surface area contributed by atoms with Crippen LogP contribution in [0, 0.1) is 0 Å². The Morgan fingerprint density at radius 2 is 1.81 bits per heavy atom. The minimum atomic E-state index is -0.399. The largest absolute Gasteiger partial charge is 0.386 e. The summed E-state index contributed by atoms with van der Waals surface area (Å²) in [7, 11) is 3.96. The van der Waals surface area contributed by atoms with Crippen LogP contribution in [0.4, 0.5) is 11.4 Å². The van der Waals surface area contributed by atoms with E-state index in [9.17, 15) is 9.59 Å². The number of aromatic nitrogens is 1. The fraction of sp³-hybridized carbons (Fsp3) is 0.360. The number of rotatable bonds is 6. The second-order valence-electron chi connectivity index (χ2n) is 8.35. The molecule has 31 heavy (non-hydrogen) atoms. The van der Waals surface area contributed by atoms with E-state index < -0.39 is 11.5 Å². The number of hydrogen-bond acceptors (Lipinski definition) is 4. The molecule has 1 amide bonds. The van der Waals surface area contributed by atoms with E-state index in [4.69, 9.17) is 0 Å². The maximum atomic E-state index is 13.0. The number of hydrogen-bond donors (Lipinski definition) is 3. The topological polar surface area (TPSA) is 77.2 Å². The second-order valence-corrected chi connectivity index (χ2v) is 8.35. The maximum Gasteiger partial charge on any atom is 0.261 e. The molecule has 1 aliphatic carbocycles. The van der Waals surface area contributed by atoms with Gasteiger partial charge in [-0.1, -0.05) is 49.6 Å². The molecule has 0 unspecified atom stereocenters. The van der Waals surface area contributed by atoms with E-state index in [-0.39, 0.29) is 5.56 Å². The van der Waals surface area contributed by atoms with Crippen molar-refractivity contribution < 1.29 is 4.79 Å². The molecule has 4 rings (SSSR count). The summed E-state index contributed by atoms with van der Waals surface area (Å²) in [5.41, 5.74) is 3.02. The molecule has 0 saturated heterocycles. The maximum absolute atomic E-state index is 13.0. The molecule has 2 aromatic carbocycles. The number of aromatic amines is 1. The van der Waals surface area contributed by atoms with Crippen molar-refractivity contribution in [2.24, 2.45) is 0 Å². The third-order valence-electron chi connectivity index (χ3n) is 6.28. The normalized spacial score (nSPS) is 14.7. The van der Waals surface area contributed by atoms with E-state index in [0.29, 0.717) is 11.6 Å². The molecule has 162 valence electrons. The fourth-order valence-corrected chi connectivity index (χ4v) is 4.50. The Labute approximate surface area is 182 Å². The lowest BCUT2D eigenvalue weighted by Crippen LogP contribution is -2.33. The van der Waals surface area contributed by atoms with Gasteiger partial charge in [0.05, 0.1) is 11.2 Å². The number of nitrogens with zero attached hydrogens (tertiary/aromatic N) is 1. The molecule has 3 aromatic rings.